The fourth-order valence-electron chi connectivity index (χ4n) is 2.55. The summed E-state index contributed by atoms with van der Waals surface area (Å²) in [6.45, 7) is 4.23. The van der Waals surface area contributed by atoms with E-state index in [1.807, 2.05) is 24.3 Å². The van der Waals surface area contributed by atoms with Crippen LogP contribution in [-0.2, 0) is 11.2 Å². The molecule has 0 bridgehead atoms. The van der Waals surface area contributed by atoms with Gasteiger partial charge < -0.3 is 15.4 Å². The Balaban J connectivity index is 2.15. The predicted octanol–water partition coefficient (Wildman–Crippen LogP) is 4.60. The normalized spacial score (nSPS) is 11.6. The van der Waals surface area contributed by atoms with E-state index >= 15 is 0 Å². The van der Waals surface area contributed by atoms with Gasteiger partial charge in [0.1, 0.15) is 5.00 Å². The van der Waals surface area contributed by atoms with Crippen LogP contribution in [0.15, 0.2) is 36.4 Å². The lowest BCUT2D eigenvalue weighted by molar-refractivity contribution is 0.0602. The molecule has 2 aromatic rings. The Labute approximate surface area is 158 Å². The molecule has 2 N–H and O–H groups in total. The highest BCUT2D eigenvalue weighted by Gasteiger charge is 2.18. The fraction of sp³-hybridized carbons (Fsp3) is 0.368. The number of methoxy groups -OCH3 is 1. The van der Waals surface area contributed by atoms with Crippen LogP contribution in [0.25, 0.3) is 0 Å². The second kappa shape index (κ2) is 9.53. The number of thiocarbonyl (C=S) groups is 1. The Morgan fingerprint density at radius 2 is 2.04 bits per heavy atom. The SMILES string of the molecule is CCCC(C)NC(=S)Nc1sc(Cc2ccccc2)cc1C(=O)OC. The van der Waals surface area contributed by atoms with Crippen molar-refractivity contribution in [1.82, 2.24) is 5.32 Å². The van der Waals surface area contributed by atoms with Gasteiger partial charge in [-0.25, -0.2) is 4.79 Å². The zero-order chi connectivity index (χ0) is 18.2. The molecular weight excluding hydrogens is 352 g/mol. The Morgan fingerprint density at radius 1 is 1.32 bits per heavy atom. The van der Waals surface area contributed by atoms with Gasteiger partial charge in [0, 0.05) is 17.3 Å². The van der Waals surface area contributed by atoms with E-state index in [1.165, 1.54) is 24.0 Å². The van der Waals surface area contributed by atoms with Gasteiger partial charge in [-0.2, -0.15) is 0 Å². The van der Waals surface area contributed by atoms with E-state index in [9.17, 15) is 4.79 Å². The fourth-order valence-corrected chi connectivity index (χ4v) is 4.00. The van der Waals surface area contributed by atoms with Crippen LogP contribution in [0, 0.1) is 0 Å². The van der Waals surface area contributed by atoms with Crippen LogP contribution in [0.1, 0.15) is 47.5 Å². The first-order valence-electron chi connectivity index (χ1n) is 8.36. The predicted molar refractivity (Wildman–Crippen MR) is 109 cm³/mol. The maximum absolute atomic E-state index is 12.1. The smallest absolute Gasteiger partial charge is 0.340 e. The highest BCUT2D eigenvalue weighted by Crippen LogP contribution is 2.30. The van der Waals surface area contributed by atoms with Crippen LogP contribution < -0.4 is 10.6 Å². The molecule has 0 radical (unpaired) electrons. The molecule has 0 aliphatic heterocycles. The lowest BCUT2D eigenvalue weighted by Crippen LogP contribution is -2.35. The molecule has 0 spiro atoms. The summed E-state index contributed by atoms with van der Waals surface area (Å²) in [6, 6.07) is 12.3. The second-order valence-electron chi connectivity index (χ2n) is 5.90. The van der Waals surface area contributed by atoms with E-state index in [4.69, 9.17) is 17.0 Å². The van der Waals surface area contributed by atoms with E-state index in [2.05, 4.69) is 36.6 Å². The summed E-state index contributed by atoms with van der Waals surface area (Å²) >= 11 is 6.91. The average Bonchev–Trinajstić information content (AvgIpc) is 2.97. The maximum Gasteiger partial charge on any atom is 0.340 e. The maximum atomic E-state index is 12.1. The van der Waals surface area contributed by atoms with Crippen molar-refractivity contribution in [3.05, 3.63) is 52.4 Å². The van der Waals surface area contributed by atoms with Crippen LogP contribution in [0.2, 0.25) is 0 Å². The molecule has 1 heterocycles. The molecule has 1 unspecified atom stereocenters. The van der Waals surface area contributed by atoms with Gasteiger partial charge in [0.2, 0.25) is 0 Å². The Hall–Kier alpha value is -1.92. The van der Waals surface area contributed by atoms with Crippen LogP contribution in [0.4, 0.5) is 5.00 Å². The minimum absolute atomic E-state index is 0.287. The third kappa shape index (κ3) is 5.83. The second-order valence-corrected chi connectivity index (χ2v) is 7.44. The molecule has 1 atom stereocenters. The van der Waals surface area contributed by atoms with Gasteiger partial charge in [0.15, 0.2) is 5.11 Å². The summed E-state index contributed by atoms with van der Waals surface area (Å²) in [5, 5.41) is 7.65. The van der Waals surface area contributed by atoms with Crippen LogP contribution in [0.3, 0.4) is 0 Å². The Kier molecular flexibility index (Phi) is 7.40. The number of hydrogen-bond donors (Lipinski definition) is 2. The molecule has 0 saturated carbocycles. The molecule has 0 saturated heterocycles. The molecule has 2 rings (SSSR count). The minimum Gasteiger partial charge on any atom is -0.465 e. The molecule has 0 aliphatic rings. The topological polar surface area (TPSA) is 50.4 Å². The van der Waals surface area contributed by atoms with Crippen LogP contribution in [0.5, 0.6) is 0 Å². The summed E-state index contributed by atoms with van der Waals surface area (Å²) in [5.41, 5.74) is 1.72. The molecule has 0 aliphatic carbocycles. The highest BCUT2D eigenvalue weighted by atomic mass is 32.1. The third-order valence-corrected chi connectivity index (χ3v) is 5.01. The van der Waals surface area contributed by atoms with E-state index in [1.54, 1.807) is 0 Å². The number of anilines is 1. The number of nitrogens with one attached hydrogen (secondary N) is 2. The number of benzene rings is 1. The van der Waals surface area contributed by atoms with Crippen molar-refractivity contribution >= 4 is 39.6 Å². The van der Waals surface area contributed by atoms with Crippen LogP contribution in [-0.4, -0.2) is 24.2 Å². The van der Waals surface area contributed by atoms with Crippen molar-refractivity contribution in [2.24, 2.45) is 0 Å². The molecule has 0 amide bonds. The van der Waals surface area contributed by atoms with E-state index in [0.29, 0.717) is 10.7 Å². The number of esters is 1. The monoisotopic (exact) mass is 376 g/mol. The summed E-state index contributed by atoms with van der Waals surface area (Å²) in [5.74, 6) is -0.359. The van der Waals surface area contributed by atoms with Gasteiger partial charge in [-0.05, 0) is 37.2 Å². The summed E-state index contributed by atoms with van der Waals surface area (Å²) < 4.78 is 4.91. The van der Waals surface area contributed by atoms with Crippen molar-refractivity contribution in [3.63, 3.8) is 0 Å². The molecule has 4 nitrogen and oxygen atoms in total. The molecule has 1 aromatic heterocycles. The summed E-state index contributed by atoms with van der Waals surface area (Å²) in [4.78, 5) is 13.2. The standard InChI is InChI=1S/C19H24N2O2S2/c1-4-8-13(2)20-19(24)21-17-16(18(22)23-3)12-15(25-17)11-14-9-6-5-7-10-14/h5-7,9-10,12-13H,4,8,11H2,1-3H3,(H2,20,21,24). The van der Waals surface area contributed by atoms with Crippen molar-refractivity contribution in [3.8, 4) is 0 Å². The van der Waals surface area contributed by atoms with Crippen molar-refractivity contribution in [2.75, 3.05) is 12.4 Å². The zero-order valence-corrected chi connectivity index (χ0v) is 16.4. The van der Waals surface area contributed by atoms with Gasteiger partial charge >= 0.3 is 5.97 Å². The lowest BCUT2D eigenvalue weighted by Gasteiger charge is -2.16. The number of hydrogen-bond acceptors (Lipinski definition) is 4. The van der Waals surface area contributed by atoms with E-state index in [-0.39, 0.29) is 12.0 Å². The number of carbonyl (C=O) groups is 1. The molecule has 25 heavy (non-hydrogen) atoms. The number of rotatable bonds is 7. The first kappa shape index (κ1) is 19.4. The van der Waals surface area contributed by atoms with Gasteiger partial charge in [-0.1, -0.05) is 43.7 Å². The largest absolute Gasteiger partial charge is 0.465 e. The Bertz CT molecular complexity index is 713. The molecule has 0 fully saturated rings. The highest BCUT2D eigenvalue weighted by molar-refractivity contribution is 7.80. The molecule has 134 valence electrons. The van der Waals surface area contributed by atoms with Crippen molar-refractivity contribution in [1.29, 1.82) is 0 Å². The lowest BCUT2D eigenvalue weighted by atomic mass is 10.1. The number of carbonyl (C=O) groups excluding carboxylic acids is 1. The van der Waals surface area contributed by atoms with Gasteiger partial charge in [-0.15, -0.1) is 11.3 Å². The first-order valence-corrected chi connectivity index (χ1v) is 9.58. The minimum atomic E-state index is -0.359. The molecule has 6 heteroatoms. The summed E-state index contributed by atoms with van der Waals surface area (Å²) in [6.07, 6.45) is 2.89. The first-order chi connectivity index (χ1) is 12.0. The van der Waals surface area contributed by atoms with Gasteiger partial charge in [0.25, 0.3) is 0 Å². The number of thiophene rings is 1. The van der Waals surface area contributed by atoms with Crippen LogP contribution >= 0.6 is 23.6 Å². The Morgan fingerprint density at radius 3 is 2.68 bits per heavy atom. The van der Waals surface area contributed by atoms with E-state index < -0.39 is 0 Å². The third-order valence-electron chi connectivity index (χ3n) is 3.74. The number of ether oxygens (including phenoxy) is 1. The van der Waals surface area contributed by atoms with Crippen molar-refractivity contribution < 1.29 is 9.53 Å². The van der Waals surface area contributed by atoms with Gasteiger partial charge in [-0.3, -0.25) is 0 Å². The molecular formula is C19H24N2O2S2. The zero-order valence-electron chi connectivity index (χ0n) is 14.8. The molecule has 1 aromatic carbocycles. The van der Waals surface area contributed by atoms with Crippen molar-refractivity contribution in [2.45, 2.75) is 39.2 Å². The van der Waals surface area contributed by atoms with E-state index in [0.717, 1.165) is 29.1 Å². The summed E-state index contributed by atoms with van der Waals surface area (Å²) in [7, 11) is 1.39. The van der Waals surface area contributed by atoms with Gasteiger partial charge in [0.05, 0.1) is 12.7 Å². The average molecular weight is 377 g/mol. The quantitative estimate of drug-likeness (QED) is 0.546.